The van der Waals surface area contributed by atoms with Crippen LogP contribution in [0.5, 0.6) is 5.75 Å². The van der Waals surface area contributed by atoms with Crippen molar-refractivity contribution in [3.05, 3.63) is 36.0 Å². The van der Waals surface area contributed by atoms with Gasteiger partial charge in [-0.15, -0.1) is 11.3 Å². The van der Waals surface area contributed by atoms with Gasteiger partial charge in [0.05, 0.1) is 17.6 Å². The largest absolute Gasteiger partial charge is 0.495 e. The smallest absolute Gasteiger partial charge is 0.230 e. The van der Waals surface area contributed by atoms with Crippen molar-refractivity contribution in [1.29, 1.82) is 0 Å². The second-order valence-corrected chi connectivity index (χ2v) is 4.74. The summed E-state index contributed by atoms with van der Waals surface area (Å²) in [4.78, 5) is 4.90. The Morgan fingerprint density at radius 2 is 2.05 bits per heavy atom. The maximum atomic E-state index is 5.89. The van der Waals surface area contributed by atoms with Crippen LogP contribution < -0.4 is 10.5 Å². The van der Waals surface area contributed by atoms with E-state index in [0.29, 0.717) is 5.69 Å². The summed E-state index contributed by atoms with van der Waals surface area (Å²) in [7, 11) is 1.63. The lowest BCUT2D eigenvalue weighted by molar-refractivity contribution is 0.416. The number of aromatic nitrogens is 2. The zero-order valence-electron chi connectivity index (χ0n) is 10.2. The molecule has 0 unspecified atom stereocenters. The summed E-state index contributed by atoms with van der Waals surface area (Å²) in [5.74, 6) is 1.05. The van der Waals surface area contributed by atoms with Gasteiger partial charge in [0.2, 0.25) is 5.88 Å². The zero-order chi connectivity index (χ0) is 13.2. The molecule has 5 nitrogen and oxygen atoms in total. The number of hydrogen-bond donors (Lipinski definition) is 1. The fourth-order valence-electron chi connectivity index (χ4n) is 1.89. The Hall–Kier alpha value is -2.34. The second kappa shape index (κ2) is 4.74. The van der Waals surface area contributed by atoms with E-state index in [4.69, 9.17) is 15.0 Å². The lowest BCUT2D eigenvalue weighted by atomic mass is 10.1. The number of hydrogen-bond acceptors (Lipinski definition) is 6. The number of ether oxygens (including phenoxy) is 1. The van der Waals surface area contributed by atoms with Gasteiger partial charge in [0.25, 0.3) is 0 Å². The van der Waals surface area contributed by atoms with Crippen molar-refractivity contribution in [2.24, 2.45) is 0 Å². The van der Waals surface area contributed by atoms with Gasteiger partial charge in [0.15, 0.2) is 0 Å². The molecule has 0 spiro atoms. The summed E-state index contributed by atoms with van der Waals surface area (Å²) in [5.41, 5.74) is 8.26. The third-order valence-corrected chi connectivity index (χ3v) is 3.65. The minimum atomic E-state index is 0.289. The minimum Gasteiger partial charge on any atom is -0.495 e. The molecule has 0 saturated carbocycles. The Balaban J connectivity index is 2.20. The molecule has 0 radical (unpaired) electrons. The summed E-state index contributed by atoms with van der Waals surface area (Å²) in [6, 6.07) is 5.63. The molecule has 3 aromatic heterocycles. The van der Waals surface area contributed by atoms with Gasteiger partial charge in [-0.1, -0.05) is 5.16 Å². The average Bonchev–Trinajstić information content (AvgIpc) is 3.05. The van der Waals surface area contributed by atoms with Crippen LogP contribution in [0.1, 0.15) is 0 Å². The molecule has 3 aromatic rings. The van der Waals surface area contributed by atoms with E-state index >= 15 is 0 Å². The monoisotopic (exact) mass is 273 g/mol. The van der Waals surface area contributed by atoms with Crippen LogP contribution >= 0.6 is 11.3 Å². The van der Waals surface area contributed by atoms with Gasteiger partial charge >= 0.3 is 0 Å². The predicted molar refractivity (Wildman–Crippen MR) is 74.0 cm³/mol. The van der Waals surface area contributed by atoms with Crippen LogP contribution in [0.3, 0.4) is 0 Å². The van der Waals surface area contributed by atoms with Crippen LogP contribution in [0.25, 0.3) is 21.7 Å². The normalized spacial score (nSPS) is 10.6. The van der Waals surface area contributed by atoms with Gasteiger partial charge in [-0.2, -0.15) is 0 Å². The van der Waals surface area contributed by atoms with Crippen molar-refractivity contribution >= 4 is 17.2 Å². The van der Waals surface area contributed by atoms with Gasteiger partial charge in [0.1, 0.15) is 11.4 Å². The highest BCUT2D eigenvalue weighted by molar-refractivity contribution is 7.14. The first-order valence-corrected chi connectivity index (χ1v) is 6.46. The molecule has 0 aliphatic heterocycles. The molecule has 0 amide bonds. The molecule has 19 heavy (non-hydrogen) atoms. The lowest BCUT2D eigenvalue weighted by Crippen LogP contribution is -1.88. The van der Waals surface area contributed by atoms with Crippen molar-refractivity contribution in [3.63, 3.8) is 0 Å². The average molecular weight is 273 g/mol. The second-order valence-electron chi connectivity index (χ2n) is 3.82. The molecule has 3 rings (SSSR count). The van der Waals surface area contributed by atoms with E-state index in [9.17, 15) is 0 Å². The van der Waals surface area contributed by atoms with Crippen LogP contribution in [0.15, 0.2) is 40.5 Å². The Labute approximate surface area is 113 Å². The highest BCUT2D eigenvalue weighted by Gasteiger charge is 2.21. The molecule has 0 atom stereocenters. The van der Waals surface area contributed by atoms with E-state index in [1.54, 1.807) is 19.5 Å². The van der Waals surface area contributed by atoms with E-state index < -0.39 is 0 Å². The summed E-state index contributed by atoms with van der Waals surface area (Å²) in [6.07, 6.45) is 3.41. The van der Waals surface area contributed by atoms with Gasteiger partial charge in [-0.05, 0) is 29.1 Å². The number of rotatable bonds is 3. The standard InChI is InChI=1S/C13H11N3O2S/c1-17-9-4-7-19-12(9)11-10(13(14)18-16-11)8-2-5-15-6-3-8/h2-7H,14H2,1H3. The first-order valence-electron chi connectivity index (χ1n) is 5.58. The van der Waals surface area contributed by atoms with Crippen LogP contribution in [-0.2, 0) is 0 Å². The molecule has 0 fully saturated rings. The van der Waals surface area contributed by atoms with Gasteiger partial charge in [-0.25, -0.2) is 0 Å². The Bertz CT molecular complexity index is 691. The summed E-state index contributed by atoms with van der Waals surface area (Å²) in [5, 5.41) is 5.99. The predicted octanol–water partition coefficient (Wildman–Crippen LogP) is 3.06. The SMILES string of the molecule is COc1ccsc1-c1noc(N)c1-c1ccncc1. The quantitative estimate of drug-likeness (QED) is 0.793. The topological polar surface area (TPSA) is 74.2 Å². The van der Waals surface area contributed by atoms with E-state index in [1.807, 2.05) is 23.6 Å². The maximum absolute atomic E-state index is 5.89. The molecule has 0 aliphatic carbocycles. The number of nitrogens with zero attached hydrogens (tertiary/aromatic N) is 2. The molecule has 0 aliphatic rings. The third kappa shape index (κ3) is 1.96. The summed E-state index contributed by atoms with van der Waals surface area (Å²) < 4.78 is 10.4. The van der Waals surface area contributed by atoms with Gasteiger partial charge in [0, 0.05) is 12.4 Å². The molecule has 0 saturated heterocycles. The molecule has 96 valence electrons. The Kier molecular flexibility index (Phi) is 2.92. The van der Waals surface area contributed by atoms with E-state index in [-0.39, 0.29) is 5.88 Å². The number of nitrogens with two attached hydrogens (primary N) is 1. The van der Waals surface area contributed by atoms with Gasteiger partial charge < -0.3 is 15.0 Å². The number of thiophene rings is 1. The molecular formula is C13H11N3O2S. The number of anilines is 1. The van der Waals surface area contributed by atoms with E-state index in [1.165, 1.54) is 11.3 Å². The Morgan fingerprint density at radius 3 is 2.79 bits per heavy atom. The fraction of sp³-hybridized carbons (Fsp3) is 0.0769. The third-order valence-electron chi connectivity index (χ3n) is 2.75. The minimum absolute atomic E-state index is 0.289. The number of pyridine rings is 1. The van der Waals surface area contributed by atoms with Crippen molar-refractivity contribution in [3.8, 4) is 27.4 Å². The van der Waals surface area contributed by atoms with Crippen LogP contribution in [-0.4, -0.2) is 17.3 Å². The highest BCUT2D eigenvalue weighted by atomic mass is 32.1. The van der Waals surface area contributed by atoms with Gasteiger partial charge in [-0.3, -0.25) is 4.98 Å². The van der Waals surface area contributed by atoms with Crippen molar-refractivity contribution in [2.45, 2.75) is 0 Å². The van der Waals surface area contributed by atoms with Crippen LogP contribution in [0, 0.1) is 0 Å². The molecule has 2 N–H and O–H groups in total. The van der Waals surface area contributed by atoms with E-state index in [0.717, 1.165) is 21.8 Å². The first-order chi connectivity index (χ1) is 9.31. The molecular weight excluding hydrogens is 262 g/mol. The van der Waals surface area contributed by atoms with Crippen molar-refractivity contribution < 1.29 is 9.26 Å². The number of methoxy groups -OCH3 is 1. The highest BCUT2D eigenvalue weighted by Crippen LogP contribution is 2.42. The number of nitrogen functional groups attached to an aromatic ring is 1. The fourth-order valence-corrected chi connectivity index (χ4v) is 2.73. The molecule has 3 heterocycles. The molecule has 6 heteroatoms. The first kappa shape index (κ1) is 11.7. The molecule has 0 aromatic carbocycles. The van der Waals surface area contributed by atoms with Crippen molar-refractivity contribution in [2.75, 3.05) is 12.8 Å². The van der Waals surface area contributed by atoms with Crippen molar-refractivity contribution in [1.82, 2.24) is 10.1 Å². The maximum Gasteiger partial charge on any atom is 0.230 e. The van der Waals surface area contributed by atoms with Crippen LogP contribution in [0.4, 0.5) is 5.88 Å². The Morgan fingerprint density at radius 1 is 1.26 bits per heavy atom. The summed E-state index contributed by atoms with van der Waals surface area (Å²) in [6.45, 7) is 0. The van der Waals surface area contributed by atoms with Crippen LogP contribution in [0.2, 0.25) is 0 Å². The summed E-state index contributed by atoms with van der Waals surface area (Å²) >= 11 is 1.53. The molecule has 0 bridgehead atoms. The zero-order valence-corrected chi connectivity index (χ0v) is 11.0. The van der Waals surface area contributed by atoms with E-state index in [2.05, 4.69) is 10.1 Å². The lowest BCUT2D eigenvalue weighted by Gasteiger charge is -2.02.